The van der Waals surface area contributed by atoms with E-state index in [2.05, 4.69) is 0 Å². The second-order valence-corrected chi connectivity index (χ2v) is 4.94. The molecule has 0 fully saturated rings. The zero-order valence-corrected chi connectivity index (χ0v) is 13.8. The van der Waals surface area contributed by atoms with Crippen LogP contribution < -0.4 is 0 Å². The maximum Gasteiger partial charge on any atom is 0.338 e. The molecular weight excluding hydrogens is 284 g/mol. The lowest BCUT2D eigenvalue weighted by molar-refractivity contribution is 0.0490. The fourth-order valence-corrected chi connectivity index (χ4v) is 1.30. The summed E-state index contributed by atoms with van der Waals surface area (Å²) >= 11 is 0. The first kappa shape index (κ1) is 20.1. The van der Waals surface area contributed by atoms with E-state index in [0.29, 0.717) is 24.3 Å². The second kappa shape index (κ2) is 11.7. The molecule has 0 saturated carbocycles. The third kappa shape index (κ3) is 9.13. The van der Waals surface area contributed by atoms with Crippen molar-refractivity contribution in [2.24, 2.45) is 0 Å². The summed E-state index contributed by atoms with van der Waals surface area (Å²) in [5, 5.41) is 8.06. The lowest BCUT2D eigenvalue weighted by Gasteiger charge is -2.05. The normalized spacial score (nSPS) is 9.73. The third-order valence-electron chi connectivity index (χ3n) is 2.23. The van der Waals surface area contributed by atoms with E-state index in [4.69, 9.17) is 14.6 Å². The Hall–Kier alpha value is -1.88. The Morgan fingerprint density at radius 2 is 1.18 bits per heavy atom. The Bertz CT molecular complexity index is 395. The molecule has 0 amide bonds. The molecular formula is C17H26O5. The van der Waals surface area contributed by atoms with Crippen molar-refractivity contribution in [3.63, 3.8) is 0 Å². The molecule has 0 atom stereocenters. The van der Waals surface area contributed by atoms with Gasteiger partial charge in [0.2, 0.25) is 0 Å². The van der Waals surface area contributed by atoms with Crippen molar-refractivity contribution in [2.45, 2.75) is 46.6 Å². The Balaban J connectivity index is 0.000000980. The van der Waals surface area contributed by atoms with E-state index in [1.807, 2.05) is 13.8 Å². The van der Waals surface area contributed by atoms with E-state index >= 15 is 0 Å². The van der Waals surface area contributed by atoms with Gasteiger partial charge in [-0.2, -0.15) is 0 Å². The molecule has 1 aromatic carbocycles. The number of carbonyl (C=O) groups excluding carboxylic acids is 2. The number of hydrogen-bond donors (Lipinski definition) is 1. The van der Waals surface area contributed by atoms with Gasteiger partial charge in [-0.15, -0.1) is 0 Å². The summed E-state index contributed by atoms with van der Waals surface area (Å²) in [5.41, 5.74) is 0.881. The van der Waals surface area contributed by atoms with E-state index in [1.54, 1.807) is 38.1 Å². The monoisotopic (exact) mass is 310 g/mol. The maximum absolute atomic E-state index is 11.5. The Kier molecular flexibility index (Phi) is 10.7. The van der Waals surface area contributed by atoms with Crippen molar-refractivity contribution in [3.05, 3.63) is 35.4 Å². The zero-order chi connectivity index (χ0) is 17.0. The van der Waals surface area contributed by atoms with Gasteiger partial charge in [0.1, 0.15) is 0 Å². The smallest absolute Gasteiger partial charge is 0.338 e. The molecule has 0 radical (unpaired) electrons. The molecule has 0 aliphatic rings. The number of rotatable bonds is 6. The standard InChI is InChI=1S/C14H18O4.C3H8O/c1-3-9-17-13(15)11-5-7-12(8-6-11)14(16)18-10-4-2;1-3(2)4/h5-8H,3-4,9-10H2,1-2H3;3-4H,1-2H3. The number of hydrogen-bond acceptors (Lipinski definition) is 5. The number of aliphatic hydroxyl groups is 1. The molecule has 0 saturated heterocycles. The van der Waals surface area contributed by atoms with Gasteiger partial charge in [-0.25, -0.2) is 9.59 Å². The van der Waals surface area contributed by atoms with Gasteiger partial charge in [0, 0.05) is 6.10 Å². The highest BCUT2D eigenvalue weighted by Crippen LogP contribution is 2.08. The third-order valence-corrected chi connectivity index (χ3v) is 2.23. The van der Waals surface area contributed by atoms with Crippen molar-refractivity contribution in [1.29, 1.82) is 0 Å². The molecule has 0 bridgehead atoms. The van der Waals surface area contributed by atoms with E-state index in [9.17, 15) is 9.59 Å². The van der Waals surface area contributed by atoms with E-state index < -0.39 is 0 Å². The highest BCUT2D eigenvalue weighted by Gasteiger charge is 2.10. The zero-order valence-electron chi connectivity index (χ0n) is 13.8. The van der Waals surface area contributed by atoms with Crippen LogP contribution in [0.5, 0.6) is 0 Å². The molecule has 0 heterocycles. The summed E-state index contributed by atoms with van der Waals surface area (Å²) in [7, 11) is 0. The van der Waals surface area contributed by atoms with Crippen LogP contribution >= 0.6 is 0 Å². The van der Waals surface area contributed by atoms with Gasteiger partial charge in [0.25, 0.3) is 0 Å². The van der Waals surface area contributed by atoms with Gasteiger partial charge in [0.05, 0.1) is 24.3 Å². The molecule has 1 aromatic rings. The van der Waals surface area contributed by atoms with Gasteiger partial charge in [-0.3, -0.25) is 0 Å². The van der Waals surface area contributed by atoms with Crippen molar-refractivity contribution in [2.75, 3.05) is 13.2 Å². The molecule has 22 heavy (non-hydrogen) atoms. The average molecular weight is 310 g/mol. The van der Waals surface area contributed by atoms with Gasteiger partial charge in [0.15, 0.2) is 0 Å². The summed E-state index contributed by atoms with van der Waals surface area (Å²) in [5.74, 6) is -0.740. The van der Waals surface area contributed by atoms with Gasteiger partial charge in [-0.05, 0) is 51.0 Å². The molecule has 1 N–H and O–H groups in total. The van der Waals surface area contributed by atoms with Crippen molar-refractivity contribution >= 4 is 11.9 Å². The van der Waals surface area contributed by atoms with E-state index in [-0.39, 0.29) is 18.0 Å². The minimum atomic E-state index is -0.370. The van der Waals surface area contributed by atoms with Crippen LogP contribution in [0, 0.1) is 0 Å². The molecule has 0 aliphatic carbocycles. The second-order valence-electron chi connectivity index (χ2n) is 4.94. The Morgan fingerprint density at radius 3 is 1.41 bits per heavy atom. The van der Waals surface area contributed by atoms with Crippen LogP contribution in [0.1, 0.15) is 61.3 Å². The molecule has 0 unspecified atom stereocenters. The number of aliphatic hydroxyl groups excluding tert-OH is 1. The fraction of sp³-hybridized carbons (Fsp3) is 0.529. The summed E-state index contributed by atoms with van der Waals surface area (Å²) in [6.07, 6.45) is 1.40. The summed E-state index contributed by atoms with van der Waals surface area (Å²) < 4.78 is 9.97. The van der Waals surface area contributed by atoms with Crippen molar-refractivity contribution in [3.8, 4) is 0 Å². The Morgan fingerprint density at radius 1 is 0.909 bits per heavy atom. The lowest BCUT2D eigenvalue weighted by atomic mass is 10.1. The van der Waals surface area contributed by atoms with E-state index in [0.717, 1.165) is 12.8 Å². The predicted octanol–water partition coefficient (Wildman–Crippen LogP) is 3.21. The molecule has 1 rings (SSSR count). The molecule has 0 aromatic heterocycles. The quantitative estimate of drug-likeness (QED) is 0.817. The van der Waals surface area contributed by atoms with Crippen LogP contribution in [0.3, 0.4) is 0 Å². The first-order chi connectivity index (χ1) is 10.4. The Labute approximate surface area is 132 Å². The SMILES string of the molecule is CC(C)O.CCCOC(=O)c1ccc(C(=O)OCCC)cc1. The predicted molar refractivity (Wildman–Crippen MR) is 84.9 cm³/mol. The molecule has 0 spiro atoms. The summed E-state index contributed by atoms with van der Waals surface area (Å²) in [6, 6.07) is 6.28. The lowest BCUT2D eigenvalue weighted by Crippen LogP contribution is -2.08. The van der Waals surface area contributed by atoms with Crippen LogP contribution in [0.25, 0.3) is 0 Å². The van der Waals surface area contributed by atoms with Gasteiger partial charge in [-0.1, -0.05) is 13.8 Å². The molecule has 0 aliphatic heterocycles. The number of esters is 2. The van der Waals surface area contributed by atoms with E-state index in [1.165, 1.54) is 0 Å². The van der Waals surface area contributed by atoms with Crippen LogP contribution in [-0.4, -0.2) is 36.4 Å². The average Bonchev–Trinajstić information content (AvgIpc) is 2.49. The highest BCUT2D eigenvalue weighted by atomic mass is 16.5. The first-order valence-corrected chi connectivity index (χ1v) is 7.54. The minimum absolute atomic E-state index is 0.167. The fourth-order valence-electron chi connectivity index (χ4n) is 1.30. The maximum atomic E-state index is 11.5. The van der Waals surface area contributed by atoms with Crippen molar-refractivity contribution < 1.29 is 24.2 Å². The summed E-state index contributed by atoms with van der Waals surface area (Å²) in [6.45, 7) is 8.11. The van der Waals surface area contributed by atoms with Gasteiger partial charge < -0.3 is 14.6 Å². The number of ether oxygens (including phenoxy) is 2. The van der Waals surface area contributed by atoms with Crippen LogP contribution in [0.4, 0.5) is 0 Å². The van der Waals surface area contributed by atoms with Crippen LogP contribution in [-0.2, 0) is 9.47 Å². The first-order valence-electron chi connectivity index (χ1n) is 7.54. The van der Waals surface area contributed by atoms with Gasteiger partial charge >= 0.3 is 11.9 Å². The molecule has 124 valence electrons. The topological polar surface area (TPSA) is 72.8 Å². The molecule has 5 nitrogen and oxygen atoms in total. The summed E-state index contributed by atoms with van der Waals surface area (Å²) in [4.78, 5) is 23.0. The number of benzene rings is 1. The highest BCUT2D eigenvalue weighted by molar-refractivity contribution is 5.93. The minimum Gasteiger partial charge on any atom is -0.462 e. The van der Waals surface area contributed by atoms with Crippen LogP contribution in [0.2, 0.25) is 0 Å². The van der Waals surface area contributed by atoms with Crippen LogP contribution in [0.15, 0.2) is 24.3 Å². The largest absolute Gasteiger partial charge is 0.462 e. The van der Waals surface area contributed by atoms with Crippen molar-refractivity contribution in [1.82, 2.24) is 0 Å². The number of carbonyl (C=O) groups is 2. The molecule has 5 heteroatoms.